The molecule has 0 radical (unpaired) electrons. The van der Waals surface area contributed by atoms with Gasteiger partial charge in [0.2, 0.25) is 12.3 Å². The summed E-state index contributed by atoms with van der Waals surface area (Å²) in [6.45, 7) is 0.210. The molecule has 4 heteroatoms. The first kappa shape index (κ1) is 18.4. The molecule has 0 aliphatic heterocycles. The average molecular weight is 373 g/mol. The van der Waals surface area contributed by atoms with E-state index in [0.717, 1.165) is 5.75 Å². The van der Waals surface area contributed by atoms with Crippen LogP contribution >= 0.6 is 0 Å². The SMILES string of the molecule is O=C(C[n+]1ccncc1Oc1ccc(C2CCCCC2)cc1)c1ccccc1. The second kappa shape index (κ2) is 8.79. The summed E-state index contributed by atoms with van der Waals surface area (Å²) in [6.07, 6.45) is 11.7. The van der Waals surface area contributed by atoms with Crippen molar-refractivity contribution in [2.75, 3.05) is 0 Å². The van der Waals surface area contributed by atoms with Gasteiger partial charge in [-0.3, -0.25) is 4.79 Å². The van der Waals surface area contributed by atoms with Crippen LogP contribution < -0.4 is 9.30 Å². The highest BCUT2D eigenvalue weighted by Crippen LogP contribution is 2.33. The lowest BCUT2D eigenvalue weighted by Crippen LogP contribution is -2.39. The summed E-state index contributed by atoms with van der Waals surface area (Å²) in [4.78, 5) is 16.7. The maximum absolute atomic E-state index is 12.5. The zero-order chi connectivity index (χ0) is 19.2. The number of ether oxygens (including phenoxy) is 1. The summed E-state index contributed by atoms with van der Waals surface area (Å²) in [5, 5.41) is 0. The highest BCUT2D eigenvalue weighted by Gasteiger charge is 2.19. The monoisotopic (exact) mass is 373 g/mol. The average Bonchev–Trinajstić information content (AvgIpc) is 2.77. The molecule has 2 aromatic carbocycles. The Morgan fingerprint density at radius 3 is 2.50 bits per heavy atom. The van der Waals surface area contributed by atoms with Gasteiger partial charge < -0.3 is 4.74 Å². The summed E-state index contributed by atoms with van der Waals surface area (Å²) in [7, 11) is 0. The summed E-state index contributed by atoms with van der Waals surface area (Å²) in [5.41, 5.74) is 2.08. The minimum absolute atomic E-state index is 0.0364. The summed E-state index contributed by atoms with van der Waals surface area (Å²) >= 11 is 0. The van der Waals surface area contributed by atoms with Crippen LogP contribution in [0.2, 0.25) is 0 Å². The lowest BCUT2D eigenvalue weighted by molar-refractivity contribution is -0.687. The van der Waals surface area contributed by atoms with Crippen LogP contribution in [0.4, 0.5) is 0 Å². The number of hydrogen-bond acceptors (Lipinski definition) is 3. The van der Waals surface area contributed by atoms with Crippen LogP contribution in [0.5, 0.6) is 11.6 Å². The summed E-state index contributed by atoms with van der Waals surface area (Å²) in [5.74, 6) is 2.02. The first-order valence-electron chi connectivity index (χ1n) is 9.99. The molecular formula is C24H25N2O2+. The maximum atomic E-state index is 12.5. The lowest BCUT2D eigenvalue weighted by Gasteiger charge is -2.21. The Hall–Kier alpha value is -3.01. The van der Waals surface area contributed by atoms with Crippen molar-refractivity contribution in [2.45, 2.75) is 44.6 Å². The number of ketones is 1. The first-order chi connectivity index (χ1) is 13.8. The van der Waals surface area contributed by atoms with E-state index in [1.54, 1.807) is 23.2 Å². The van der Waals surface area contributed by atoms with Crippen molar-refractivity contribution < 1.29 is 14.1 Å². The Morgan fingerprint density at radius 2 is 1.75 bits per heavy atom. The number of benzene rings is 2. The van der Waals surface area contributed by atoms with Crippen LogP contribution in [0.25, 0.3) is 0 Å². The lowest BCUT2D eigenvalue weighted by atomic mass is 9.84. The second-order valence-electron chi connectivity index (χ2n) is 7.34. The molecule has 0 bridgehead atoms. The van der Waals surface area contributed by atoms with Crippen LogP contribution in [0.15, 0.2) is 73.2 Å². The van der Waals surface area contributed by atoms with Crippen molar-refractivity contribution in [3.63, 3.8) is 0 Å². The molecule has 1 aliphatic rings. The second-order valence-corrected chi connectivity index (χ2v) is 7.34. The Kier molecular flexibility index (Phi) is 5.76. The largest absolute Gasteiger partial charge is 0.404 e. The molecule has 0 spiro atoms. The molecule has 0 atom stereocenters. The van der Waals surface area contributed by atoms with E-state index in [9.17, 15) is 4.79 Å². The van der Waals surface area contributed by atoms with E-state index >= 15 is 0 Å². The van der Waals surface area contributed by atoms with Crippen LogP contribution in [-0.2, 0) is 6.54 Å². The highest BCUT2D eigenvalue weighted by atomic mass is 16.5. The minimum atomic E-state index is 0.0364. The smallest absolute Gasteiger partial charge is 0.392 e. The van der Waals surface area contributed by atoms with Crippen molar-refractivity contribution in [1.29, 1.82) is 0 Å². The van der Waals surface area contributed by atoms with E-state index in [1.165, 1.54) is 37.7 Å². The molecule has 0 amide bonds. The van der Waals surface area contributed by atoms with E-state index < -0.39 is 0 Å². The predicted octanol–water partition coefficient (Wildman–Crippen LogP) is 5.09. The fourth-order valence-electron chi connectivity index (χ4n) is 3.82. The van der Waals surface area contributed by atoms with E-state index in [1.807, 2.05) is 42.5 Å². The van der Waals surface area contributed by atoms with Crippen molar-refractivity contribution in [1.82, 2.24) is 4.98 Å². The van der Waals surface area contributed by atoms with Crippen LogP contribution in [-0.4, -0.2) is 10.8 Å². The minimum Gasteiger partial charge on any atom is -0.404 e. The topological polar surface area (TPSA) is 43.1 Å². The standard InChI is InChI=1S/C24H25N2O2/c27-23(21-9-5-2-6-10-21)18-26-16-15-25-17-24(26)28-22-13-11-20(12-14-22)19-7-3-1-4-8-19/h2,5-6,9-17,19H,1,3-4,7-8,18H2/q+1. The fraction of sp³-hybridized carbons (Fsp3) is 0.292. The molecule has 142 valence electrons. The van der Waals surface area contributed by atoms with Gasteiger partial charge in [0.25, 0.3) is 0 Å². The number of rotatable bonds is 6. The third-order valence-corrected chi connectivity index (χ3v) is 5.39. The van der Waals surface area contributed by atoms with Gasteiger partial charge in [0.1, 0.15) is 11.9 Å². The van der Waals surface area contributed by atoms with Crippen molar-refractivity contribution in [3.8, 4) is 11.6 Å². The fourth-order valence-corrected chi connectivity index (χ4v) is 3.82. The molecule has 28 heavy (non-hydrogen) atoms. The van der Waals surface area contributed by atoms with Crippen LogP contribution in [0.3, 0.4) is 0 Å². The molecule has 1 fully saturated rings. The number of aromatic nitrogens is 2. The van der Waals surface area contributed by atoms with Gasteiger partial charge in [-0.2, -0.15) is 4.57 Å². The number of carbonyl (C=O) groups is 1. The molecule has 0 N–H and O–H groups in total. The Morgan fingerprint density at radius 1 is 1.00 bits per heavy atom. The van der Waals surface area contributed by atoms with Crippen LogP contribution in [0.1, 0.15) is 53.9 Å². The molecule has 4 nitrogen and oxygen atoms in total. The molecule has 1 aliphatic carbocycles. The quantitative estimate of drug-likeness (QED) is 0.446. The van der Waals surface area contributed by atoms with E-state index in [2.05, 4.69) is 17.1 Å². The van der Waals surface area contributed by atoms with E-state index in [-0.39, 0.29) is 12.3 Å². The predicted molar refractivity (Wildman–Crippen MR) is 108 cm³/mol. The van der Waals surface area contributed by atoms with Crippen molar-refractivity contribution in [3.05, 3.63) is 84.3 Å². The molecule has 1 heterocycles. The molecule has 0 saturated heterocycles. The summed E-state index contributed by atoms with van der Waals surface area (Å²) in [6, 6.07) is 17.7. The van der Waals surface area contributed by atoms with Gasteiger partial charge in [-0.25, -0.2) is 4.98 Å². The van der Waals surface area contributed by atoms with Gasteiger partial charge in [0.05, 0.1) is 6.20 Å². The van der Waals surface area contributed by atoms with Gasteiger partial charge in [-0.15, -0.1) is 0 Å². The molecular weight excluding hydrogens is 348 g/mol. The Balaban J connectivity index is 1.47. The third kappa shape index (κ3) is 4.45. The maximum Gasteiger partial charge on any atom is 0.392 e. The van der Waals surface area contributed by atoms with Crippen molar-refractivity contribution in [2.24, 2.45) is 0 Å². The highest BCUT2D eigenvalue weighted by molar-refractivity contribution is 5.94. The van der Waals surface area contributed by atoms with Gasteiger partial charge in [-0.05, 0) is 36.5 Å². The molecule has 1 saturated carbocycles. The number of carbonyl (C=O) groups excluding carboxylic acids is 1. The molecule has 3 aromatic rings. The van der Waals surface area contributed by atoms with E-state index in [0.29, 0.717) is 17.4 Å². The molecule has 0 unspecified atom stereocenters. The Labute approximate surface area is 165 Å². The first-order valence-corrected chi connectivity index (χ1v) is 9.99. The van der Waals surface area contributed by atoms with Gasteiger partial charge in [0, 0.05) is 5.56 Å². The third-order valence-electron chi connectivity index (χ3n) is 5.39. The van der Waals surface area contributed by atoms with Crippen molar-refractivity contribution >= 4 is 5.78 Å². The van der Waals surface area contributed by atoms with Gasteiger partial charge >= 0.3 is 5.88 Å². The number of Topliss-reactive ketones (excluding diaryl/α,β-unsaturated/α-hetero) is 1. The van der Waals surface area contributed by atoms with Gasteiger partial charge in [0.15, 0.2) is 6.20 Å². The number of hydrogen-bond donors (Lipinski definition) is 0. The number of nitrogens with zero attached hydrogens (tertiary/aromatic N) is 2. The molecule has 1 aromatic heterocycles. The van der Waals surface area contributed by atoms with Gasteiger partial charge in [-0.1, -0.05) is 61.7 Å². The zero-order valence-electron chi connectivity index (χ0n) is 16.0. The normalized spacial score (nSPS) is 14.6. The zero-order valence-corrected chi connectivity index (χ0v) is 16.0. The van der Waals surface area contributed by atoms with Crippen LogP contribution in [0, 0.1) is 0 Å². The van der Waals surface area contributed by atoms with E-state index in [4.69, 9.17) is 4.74 Å². The summed E-state index contributed by atoms with van der Waals surface area (Å²) < 4.78 is 7.83. The molecule has 4 rings (SSSR count). The Bertz CT molecular complexity index is 917.